The lowest BCUT2D eigenvalue weighted by atomic mass is 9.85. The Labute approximate surface area is 149 Å². The number of methoxy groups -OCH3 is 1. The summed E-state index contributed by atoms with van der Waals surface area (Å²) in [5, 5.41) is 8.82. The van der Waals surface area contributed by atoms with Gasteiger partial charge >= 0.3 is 0 Å². The van der Waals surface area contributed by atoms with E-state index in [9.17, 15) is 4.79 Å². The van der Waals surface area contributed by atoms with E-state index in [1.807, 2.05) is 18.2 Å². The van der Waals surface area contributed by atoms with Crippen LogP contribution in [0.15, 0.2) is 36.4 Å². The summed E-state index contributed by atoms with van der Waals surface area (Å²) in [6, 6.07) is 12.2. The van der Waals surface area contributed by atoms with E-state index in [1.54, 1.807) is 7.11 Å². The molecule has 4 heteroatoms. The monoisotopic (exact) mass is 340 g/mol. The lowest BCUT2D eigenvalue weighted by Gasteiger charge is -2.28. The Balaban J connectivity index is 1.64. The number of hydrogen-bond donors (Lipinski definition) is 2. The number of benzene rings is 2. The minimum atomic E-state index is 0.119. The van der Waals surface area contributed by atoms with E-state index in [1.165, 1.54) is 12.8 Å². The van der Waals surface area contributed by atoms with Crippen LogP contribution in [0, 0.1) is 11.8 Å². The predicted octanol–water partition coefficient (Wildman–Crippen LogP) is 3.49. The van der Waals surface area contributed by atoms with Gasteiger partial charge in [0.2, 0.25) is 5.91 Å². The number of rotatable bonds is 6. The number of carbonyl (C=O) groups is 1. The van der Waals surface area contributed by atoms with Gasteiger partial charge in [-0.15, -0.1) is 0 Å². The number of amides is 1. The molecule has 3 rings (SSSR count). The molecule has 0 saturated carbocycles. The van der Waals surface area contributed by atoms with Gasteiger partial charge in [-0.25, -0.2) is 0 Å². The van der Waals surface area contributed by atoms with Gasteiger partial charge in [-0.05, 0) is 54.6 Å². The maximum absolute atomic E-state index is 12.4. The molecule has 0 spiro atoms. The van der Waals surface area contributed by atoms with Crippen LogP contribution >= 0.6 is 0 Å². The fraction of sp³-hybridized carbons (Fsp3) is 0.476. The van der Waals surface area contributed by atoms with Gasteiger partial charge in [-0.2, -0.15) is 0 Å². The molecule has 2 atom stereocenters. The molecule has 1 amide bonds. The lowest BCUT2D eigenvalue weighted by molar-refractivity contribution is -0.122. The fourth-order valence-electron chi connectivity index (χ4n) is 3.77. The summed E-state index contributed by atoms with van der Waals surface area (Å²) in [5.41, 5.74) is 1.04. The molecule has 1 fully saturated rings. The summed E-state index contributed by atoms with van der Waals surface area (Å²) in [5.74, 6) is 1.95. The highest BCUT2D eigenvalue weighted by Gasteiger charge is 2.22. The number of fused-ring (bicyclic) bond motifs is 1. The summed E-state index contributed by atoms with van der Waals surface area (Å²) in [7, 11) is 1.67. The first-order valence-electron chi connectivity index (χ1n) is 9.21. The Morgan fingerprint density at radius 1 is 1.32 bits per heavy atom. The fourth-order valence-corrected chi connectivity index (χ4v) is 3.77. The first-order chi connectivity index (χ1) is 12.2. The van der Waals surface area contributed by atoms with Crippen LogP contribution in [-0.2, 0) is 11.3 Å². The number of nitrogens with one attached hydrogen (secondary N) is 2. The van der Waals surface area contributed by atoms with E-state index in [0.29, 0.717) is 24.8 Å². The van der Waals surface area contributed by atoms with E-state index in [4.69, 9.17) is 4.74 Å². The summed E-state index contributed by atoms with van der Waals surface area (Å²) in [6.45, 7) is 4.83. The van der Waals surface area contributed by atoms with Crippen molar-refractivity contribution in [3.8, 4) is 5.75 Å². The van der Waals surface area contributed by atoms with Crippen LogP contribution in [0.2, 0.25) is 0 Å². The van der Waals surface area contributed by atoms with Crippen LogP contribution in [0.3, 0.4) is 0 Å². The highest BCUT2D eigenvalue weighted by atomic mass is 16.5. The first kappa shape index (κ1) is 17.7. The smallest absolute Gasteiger partial charge is 0.220 e. The van der Waals surface area contributed by atoms with Gasteiger partial charge in [0.15, 0.2) is 0 Å². The summed E-state index contributed by atoms with van der Waals surface area (Å²) < 4.78 is 5.50. The maximum Gasteiger partial charge on any atom is 0.220 e. The van der Waals surface area contributed by atoms with Crippen molar-refractivity contribution < 1.29 is 9.53 Å². The molecular formula is C21H28N2O2. The molecule has 0 aromatic heterocycles. The van der Waals surface area contributed by atoms with Gasteiger partial charge < -0.3 is 15.4 Å². The lowest BCUT2D eigenvalue weighted by Crippen LogP contribution is -2.35. The van der Waals surface area contributed by atoms with Crippen molar-refractivity contribution in [2.45, 2.75) is 32.7 Å². The molecule has 4 nitrogen and oxygen atoms in total. The summed E-state index contributed by atoms with van der Waals surface area (Å²) in [6.07, 6.45) is 3.02. The molecule has 134 valence electrons. The minimum Gasteiger partial charge on any atom is -0.496 e. The van der Waals surface area contributed by atoms with E-state index in [0.717, 1.165) is 35.2 Å². The molecular weight excluding hydrogens is 312 g/mol. The SMILES string of the molecule is COc1ccc2ccccc2c1CNC(=O)CC(C)C1CCCNC1. The molecule has 1 aliphatic rings. The molecule has 2 unspecified atom stereocenters. The van der Waals surface area contributed by atoms with Crippen LogP contribution in [0.5, 0.6) is 5.75 Å². The molecule has 0 radical (unpaired) electrons. The molecule has 1 aliphatic heterocycles. The second-order valence-electron chi connectivity index (χ2n) is 7.03. The van der Waals surface area contributed by atoms with Crippen molar-refractivity contribution in [2.75, 3.05) is 20.2 Å². The van der Waals surface area contributed by atoms with Crippen molar-refractivity contribution in [3.05, 3.63) is 42.0 Å². The van der Waals surface area contributed by atoms with Crippen LogP contribution in [0.25, 0.3) is 10.8 Å². The summed E-state index contributed by atoms with van der Waals surface area (Å²) in [4.78, 5) is 12.4. The van der Waals surface area contributed by atoms with Crippen LogP contribution in [-0.4, -0.2) is 26.1 Å². The topological polar surface area (TPSA) is 50.4 Å². The predicted molar refractivity (Wildman–Crippen MR) is 102 cm³/mol. The normalized spacial score (nSPS) is 18.7. The highest BCUT2D eigenvalue weighted by molar-refractivity contribution is 5.88. The Hall–Kier alpha value is -2.07. The Kier molecular flexibility index (Phi) is 5.92. The van der Waals surface area contributed by atoms with Gasteiger partial charge in [-0.1, -0.05) is 37.3 Å². The minimum absolute atomic E-state index is 0.119. The third kappa shape index (κ3) is 4.31. The molecule has 2 aromatic carbocycles. The zero-order chi connectivity index (χ0) is 17.6. The van der Waals surface area contributed by atoms with Gasteiger partial charge in [0.1, 0.15) is 5.75 Å². The van der Waals surface area contributed by atoms with Crippen molar-refractivity contribution in [1.29, 1.82) is 0 Å². The molecule has 25 heavy (non-hydrogen) atoms. The Bertz CT molecular complexity index is 723. The van der Waals surface area contributed by atoms with Crippen molar-refractivity contribution in [3.63, 3.8) is 0 Å². The van der Waals surface area contributed by atoms with Crippen molar-refractivity contribution in [1.82, 2.24) is 10.6 Å². The molecule has 0 bridgehead atoms. The van der Waals surface area contributed by atoms with Crippen LogP contribution in [0.4, 0.5) is 0 Å². The van der Waals surface area contributed by atoms with Crippen molar-refractivity contribution >= 4 is 16.7 Å². The van der Waals surface area contributed by atoms with E-state index < -0.39 is 0 Å². The van der Waals surface area contributed by atoms with Gasteiger partial charge in [0.25, 0.3) is 0 Å². The molecule has 1 saturated heterocycles. The van der Waals surface area contributed by atoms with E-state index in [2.05, 4.69) is 35.8 Å². The average Bonchev–Trinajstić information content (AvgIpc) is 2.66. The largest absolute Gasteiger partial charge is 0.496 e. The molecule has 1 heterocycles. The highest BCUT2D eigenvalue weighted by Crippen LogP contribution is 2.28. The summed E-state index contributed by atoms with van der Waals surface area (Å²) >= 11 is 0. The number of ether oxygens (including phenoxy) is 1. The standard InChI is InChI=1S/C21H28N2O2/c1-15(17-7-5-11-22-13-17)12-21(24)23-14-19-18-8-4-3-6-16(18)9-10-20(19)25-2/h3-4,6,8-10,15,17,22H,5,7,11-14H2,1-2H3,(H,23,24). The molecule has 2 aromatic rings. The van der Waals surface area contributed by atoms with Gasteiger partial charge in [0, 0.05) is 18.5 Å². The van der Waals surface area contributed by atoms with Crippen LogP contribution < -0.4 is 15.4 Å². The van der Waals surface area contributed by atoms with Crippen molar-refractivity contribution in [2.24, 2.45) is 11.8 Å². The first-order valence-corrected chi connectivity index (χ1v) is 9.21. The number of piperidine rings is 1. The number of hydrogen-bond acceptors (Lipinski definition) is 3. The quantitative estimate of drug-likeness (QED) is 0.846. The Morgan fingerprint density at radius 3 is 2.92 bits per heavy atom. The third-order valence-electron chi connectivity index (χ3n) is 5.33. The zero-order valence-corrected chi connectivity index (χ0v) is 15.2. The molecule has 0 aliphatic carbocycles. The maximum atomic E-state index is 12.4. The zero-order valence-electron chi connectivity index (χ0n) is 15.2. The second-order valence-corrected chi connectivity index (χ2v) is 7.03. The molecule has 2 N–H and O–H groups in total. The van der Waals surface area contributed by atoms with E-state index >= 15 is 0 Å². The third-order valence-corrected chi connectivity index (χ3v) is 5.33. The Morgan fingerprint density at radius 2 is 2.16 bits per heavy atom. The van der Waals surface area contributed by atoms with Crippen LogP contribution in [0.1, 0.15) is 31.7 Å². The average molecular weight is 340 g/mol. The van der Waals surface area contributed by atoms with Gasteiger partial charge in [0.05, 0.1) is 7.11 Å². The van der Waals surface area contributed by atoms with Gasteiger partial charge in [-0.3, -0.25) is 4.79 Å². The number of carbonyl (C=O) groups excluding carboxylic acids is 1. The van der Waals surface area contributed by atoms with E-state index in [-0.39, 0.29) is 5.91 Å². The second kappa shape index (κ2) is 8.34.